The van der Waals surface area contributed by atoms with E-state index in [1.165, 1.54) is 0 Å². The van der Waals surface area contributed by atoms with E-state index in [9.17, 15) is 0 Å². The molecule has 1 heterocycles. The van der Waals surface area contributed by atoms with Crippen LogP contribution in [0.2, 0.25) is 0 Å². The smallest absolute Gasteiger partial charge is 0.266 e. The Kier molecular flexibility index (Phi) is 8.55. The highest BCUT2D eigenvalue weighted by Crippen LogP contribution is 2.24. The van der Waals surface area contributed by atoms with E-state index in [2.05, 4.69) is 6.92 Å². The van der Waals surface area contributed by atoms with E-state index in [-0.39, 0.29) is 6.29 Å². The molecule has 0 aromatic heterocycles. The summed E-state index contributed by atoms with van der Waals surface area (Å²) in [6.07, 6.45) is 5.03. The minimum Gasteiger partial charge on any atom is -0.455 e. The molecule has 1 aliphatic heterocycles. The van der Waals surface area contributed by atoms with Crippen LogP contribution in [0.5, 0.6) is 0 Å². The molecule has 0 saturated carbocycles. The molecule has 0 saturated heterocycles. The van der Waals surface area contributed by atoms with Gasteiger partial charge in [0.25, 0.3) is 6.29 Å². The molecule has 5 heteroatoms. The number of hydrogen-bond donors (Lipinski definition) is 0. The number of rotatable bonds is 12. The summed E-state index contributed by atoms with van der Waals surface area (Å²) in [4.78, 5) is 0. The fraction of sp³-hybridized carbons (Fsp3) is 0.556. The first kappa shape index (κ1) is 17.8. The molecule has 2 rings (SSSR count). The van der Waals surface area contributed by atoms with Crippen molar-refractivity contribution in [3.63, 3.8) is 0 Å². The lowest BCUT2D eigenvalue weighted by Gasteiger charge is -2.12. The number of hydrogen-bond acceptors (Lipinski definition) is 5. The summed E-state index contributed by atoms with van der Waals surface area (Å²) < 4.78 is 27.1. The van der Waals surface area contributed by atoms with E-state index in [1.54, 1.807) is 12.5 Å². The van der Waals surface area contributed by atoms with Crippen LogP contribution in [0.15, 0.2) is 36.8 Å². The Morgan fingerprint density at radius 1 is 0.913 bits per heavy atom. The number of benzene rings is 1. The fourth-order valence-electron chi connectivity index (χ4n) is 2.10. The fourth-order valence-corrected chi connectivity index (χ4v) is 2.10. The summed E-state index contributed by atoms with van der Waals surface area (Å²) in [5.74, 6) is 0. The molecule has 0 fully saturated rings. The van der Waals surface area contributed by atoms with Crippen LogP contribution >= 0.6 is 0 Å². The first-order valence-corrected chi connectivity index (χ1v) is 8.18. The van der Waals surface area contributed by atoms with Crippen molar-refractivity contribution >= 4 is 0 Å². The first-order valence-electron chi connectivity index (χ1n) is 8.18. The highest BCUT2D eigenvalue weighted by atomic mass is 16.7. The van der Waals surface area contributed by atoms with Crippen LogP contribution < -0.4 is 0 Å². The van der Waals surface area contributed by atoms with Crippen LogP contribution in [0.25, 0.3) is 0 Å². The molecule has 0 bridgehead atoms. The van der Waals surface area contributed by atoms with Gasteiger partial charge in [0, 0.05) is 12.2 Å². The van der Waals surface area contributed by atoms with Crippen molar-refractivity contribution in [1.82, 2.24) is 0 Å². The van der Waals surface area contributed by atoms with Gasteiger partial charge in [-0.15, -0.1) is 0 Å². The zero-order chi connectivity index (χ0) is 16.2. The number of ether oxygens (including phenoxy) is 5. The Labute approximate surface area is 138 Å². The Hall–Kier alpha value is -1.56. The molecule has 1 aliphatic rings. The third-order valence-corrected chi connectivity index (χ3v) is 3.34. The van der Waals surface area contributed by atoms with Crippen LogP contribution in [0.4, 0.5) is 0 Å². The van der Waals surface area contributed by atoms with Crippen molar-refractivity contribution in [2.75, 3.05) is 33.0 Å². The molecule has 0 unspecified atom stereocenters. The second-order valence-electron chi connectivity index (χ2n) is 5.25. The van der Waals surface area contributed by atoms with E-state index < -0.39 is 0 Å². The third-order valence-electron chi connectivity index (χ3n) is 3.34. The standard InChI is InChI=1S/C18H26O5/c1-2-3-7-19-8-9-20-10-11-21-15-16-5-4-6-17(14-16)18-22-12-13-23-18/h4-6,12-14,18H,2-3,7-11,15H2,1H3. The molecule has 0 amide bonds. The van der Waals surface area contributed by atoms with E-state index in [0.29, 0.717) is 33.0 Å². The summed E-state index contributed by atoms with van der Waals surface area (Å²) in [6.45, 7) is 5.93. The maximum absolute atomic E-state index is 5.62. The molecule has 5 nitrogen and oxygen atoms in total. The van der Waals surface area contributed by atoms with Crippen LogP contribution in [0, 0.1) is 0 Å². The van der Waals surface area contributed by atoms with Crippen molar-refractivity contribution in [1.29, 1.82) is 0 Å². The van der Waals surface area contributed by atoms with E-state index in [4.69, 9.17) is 23.7 Å². The predicted molar refractivity (Wildman–Crippen MR) is 86.7 cm³/mol. The second kappa shape index (κ2) is 11.0. The number of unbranched alkanes of at least 4 members (excludes halogenated alkanes) is 1. The maximum atomic E-state index is 5.62. The topological polar surface area (TPSA) is 46.2 Å². The van der Waals surface area contributed by atoms with Gasteiger partial charge in [-0.25, -0.2) is 0 Å². The minimum absolute atomic E-state index is 0.342. The van der Waals surface area contributed by atoms with Gasteiger partial charge in [0.1, 0.15) is 12.5 Å². The second-order valence-corrected chi connectivity index (χ2v) is 5.25. The first-order chi connectivity index (χ1) is 11.4. The summed E-state index contributed by atoms with van der Waals surface area (Å²) in [5, 5.41) is 0. The van der Waals surface area contributed by atoms with Crippen molar-refractivity contribution in [2.45, 2.75) is 32.7 Å². The van der Waals surface area contributed by atoms with Gasteiger partial charge in [0.15, 0.2) is 0 Å². The van der Waals surface area contributed by atoms with E-state index in [0.717, 1.165) is 30.6 Å². The molecule has 0 N–H and O–H groups in total. The van der Waals surface area contributed by atoms with Gasteiger partial charge in [0.2, 0.25) is 0 Å². The molecule has 0 aliphatic carbocycles. The van der Waals surface area contributed by atoms with E-state index >= 15 is 0 Å². The van der Waals surface area contributed by atoms with Crippen molar-refractivity contribution in [3.05, 3.63) is 47.9 Å². The average Bonchev–Trinajstić information content (AvgIpc) is 3.11. The van der Waals surface area contributed by atoms with Gasteiger partial charge in [0.05, 0.1) is 33.0 Å². The molecule has 23 heavy (non-hydrogen) atoms. The maximum Gasteiger partial charge on any atom is 0.266 e. The molecule has 0 spiro atoms. The lowest BCUT2D eigenvalue weighted by atomic mass is 10.1. The Balaban J connectivity index is 1.52. The van der Waals surface area contributed by atoms with Gasteiger partial charge in [-0.2, -0.15) is 0 Å². The van der Waals surface area contributed by atoms with Crippen molar-refractivity contribution in [3.8, 4) is 0 Å². The Bertz CT molecular complexity index is 452. The average molecular weight is 322 g/mol. The van der Waals surface area contributed by atoms with Gasteiger partial charge < -0.3 is 23.7 Å². The zero-order valence-corrected chi connectivity index (χ0v) is 13.7. The zero-order valence-electron chi connectivity index (χ0n) is 13.7. The molecule has 128 valence electrons. The van der Waals surface area contributed by atoms with Crippen LogP contribution in [-0.4, -0.2) is 33.0 Å². The van der Waals surface area contributed by atoms with Gasteiger partial charge in [-0.1, -0.05) is 31.5 Å². The van der Waals surface area contributed by atoms with Gasteiger partial charge >= 0.3 is 0 Å². The molecular formula is C18H26O5. The quantitative estimate of drug-likeness (QED) is 0.551. The summed E-state index contributed by atoms with van der Waals surface area (Å²) in [6, 6.07) is 8.00. The molecular weight excluding hydrogens is 296 g/mol. The van der Waals surface area contributed by atoms with Gasteiger partial charge in [-0.05, 0) is 18.1 Å². The van der Waals surface area contributed by atoms with Gasteiger partial charge in [-0.3, -0.25) is 0 Å². The molecule has 0 radical (unpaired) electrons. The van der Waals surface area contributed by atoms with E-state index in [1.807, 2.05) is 24.3 Å². The minimum atomic E-state index is -0.342. The SMILES string of the molecule is CCCCOCCOCCOCc1cccc(C2OC=CO2)c1. The van der Waals surface area contributed by atoms with Crippen LogP contribution in [-0.2, 0) is 30.3 Å². The molecule has 1 aromatic carbocycles. The normalized spacial score (nSPS) is 14.0. The summed E-state index contributed by atoms with van der Waals surface area (Å²) in [5.41, 5.74) is 2.07. The molecule has 0 atom stereocenters. The Morgan fingerprint density at radius 2 is 1.61 bits per heavy atom. The van der Waals surface area contributed by atoms with Crippen LogP contribution in [0.1, 0.15) is 37.2 Å². The van der Waals surface area contributed by atoms with Crippen molar-refractivity contribution < 1.29 is 23.7 Å². The predicted octanol–water partition coefficient (Wildman–Crippen LogP) is 3.55. The third kappa shape index (κ3) is 7.03. The lowest BCUT2D eigenvalue weighted by molar-refractivity contribution is -0.0248. The van der Waals surface area contributed by atoms with Crippen molar-refractivity contribution in [2.24, 2.45) is 0 Å². The lowest BCUT2D eigenvalue weighted by Crippen LogP contribution is -2.10. The highest BCUT2D eigenvalue weighted by molar-refractivity contribution is 5.24. The largest absolute Gasteiger partial charge is 0.455 e. The highest BCUT2D eigenvalue weighted by Gasteiger charge is 2.15. The molecule has 1 aromatic rings. The summed E-state index contributed by atoms with van der Waals surface area (Å²) >= 11 is 0. The monoisotopic (exact) mass is 322 g/mol. The Morgan fingerprint density at radius 3 is 2.35 bits per heavy atom. The van der Waals surface area contributed by atoms with Crippen LogP contribution in [0.3, 0.4) is 0 Å². The summed E-state index contributed by atoms with van der Waals surface area (Å²) in [7, 11) is 0.